The van der Waals surface area contributed by atoms with Gasteiger partial charge >= 0.3 is 0 Å². The number of nitrogens with zero attached hydrogens (tertiary/aromatic N) is 3. The first-order chi connectivity index (χ1) is 14.3. The van der Waals surface area contributed by atoms with Crippen LogP contribution in [0.3, 0.4) is 0 Å². The summed E-state index contributed by atoms with van der Waals surface area (Å²) in [5.41, 5.74) is 4.86. The van der Waals surface area contributed by atoms with Crippen LogP contribution in [0.4, 0.5) is 0 Å². The maximum atomic E-state index is 10.6. The fraction of sp³-hybridized carbons (Fsp3) is 0.348. The Bertz CT molecular complexity index is 1030. The van der Waals surface area contributed by atoms with Crippen molar-refractivity contribution in [2.75, 3.05) is 12.9 Å². The standard InChI is InChI=1S/C23H27N3O3S/c1-6-16(27)12-29-17-7-8-18(19(28)11-17)21-24-22(26-23(25-21)30-5)20-14(3)9-13(2)10-15(20)4/h7-11,16,27-28H,6,12H2,1-5H3. The second kappa shape index (κ2) is 9.45. The molecule has 3 aromatic rings. The van der Waals surface area contributed by atoms with Gasteiger partial charge in [0.15, 0.2) is 16.8 Å². The number of phenolic OH excluding ortho intramolecular Hbond substituents is 1. The molecule has 3 rings (SSSR count). The van der Waals surface area contributed by atoms with Crippen LogP contribution in [0.25, 0.3) is 22.8 Å². The van der Waals surface area contributed by atoms with Crippen LogP contribution in [0.1, 0.15) is 30.0 Å². The molecule has 0 amide bonds. The molecule has 0 aliphatic carbocycles. The summed E-state index contributed by atoms with van der Waals surface area (Å²) in [5.74, 6) is 1.49. The number of aromatic nitrogens is 3. The molecule has 1 aromatic heterocycles. The van der Waals surface area contributed by atoms with E-state index in [0.717, 1.165) is 16.7 Å². The first kappa shape index (κ1) is 22.1. The minimum Gasteiger partial charge on any atom is -0.507 e. The Kier molecular flexibility index (Phi) is 6.95. The number of phenols is 1. The van der Waals surface area contributed by atoms with Crippen molar-refractivity contribution in [1.82, 2.24) is 15.0 Å². The second-order valence-corrected chi connectivity index (χ2v) is 8.07. The van der Waals surface area contributed by atoms with Gasteiger partial charge in [0.05, 0.1) is 11.7 Å². The lowest BCUT2D eigenvalue weighted by Crippen LogP contribution is -2.15. The van der Waals surface area contributed by atoms with E-state index in [1.54, 1.807) is 12.1 Å². The van der Waals surface area contributed by atoms with E-state index in [0.29, 0.717) is 34.5 Å². The van der Waals surface area contributed by atoms with Gasteiger partial charge in [0, 0.05) is 11.6 Å². The topological polar surface area (TPSA) is 88.4 Å². The molecule has 2 N–H and O–H groups in total. The number of hydrogen-bond acceptors (Lipinski definition) is 7. The molecule has 0 saturated carbocycles. The van der Waals surface area contributed by atoms with E-state index in [4.69, 9.17) is 4.74 Å². The Morgan fingerprint density at radius 1 is 1.00 bits per heavy atom. The molecule has 0 aliphatic rings. The van der Waals surface area contributed by atoms with Crippen LogP contribution in [0.15, 0.2) is 35.5 Å². The molecular formula is C23H27N3O3S. The zero-order valence-corrected chi connectivity index (χ0v) is 18.7. The zero-order valence-electron chi connectivity index (χ0n) is 17.9. The maximum absolute atomic E-state index is 10.6. The molecule has 30 heavy (non-hydrogen) atoms. The average Bonchev–Trinajstić information content (AvgIpc) is 2.71. The molecule has 7 heteroatoms. The maximum Gasteiger partial charge on any atom is 0.191 e. The third-order valence-corrected chi connectivity index (χ3v) is 5.37. The fourth-order valence-corrected chi connectivity index (χ4v) is 3.67. The van der Waals surface area contributed by atoms with Crippen LogP contribution in [-0.2, 0) is 0 Å². The largest absolute Gasteiger partial charge is 0.507 e. The summed E-state index contributed by atoms with van der Waals surface area (Å²) in [7, 11) is 0. The van der Waals surface area contributed by atoms with Crippen molar-refractivity contribution in [3.8, 4) is 34.3 Å². The Morgan fingerprint density at radius 3 is 2.27 bits per heavy atom. The van der Waals surface area contributed by atoms with Crippen LogP contribution in [0, 0.1) is 20.8 Å². The predicted molar refractivity (Wildman–Crippen MR) is 120 cm³/mol. The van der Waals surface area contributed by atoms with Gasteiger partial charge in [-0.05, 0) is 56.7 Å². The van der Waals surface area contributed by atoms with Gasteiger partial charge in [-0.15, -0.1) is 0 Å². The highest BCUT2D eigenvalue weighted by Crippen LogP contribution is 2.33. The van der Waals surface area contributed by atoms with Crippen LogP contribution in [0.2, 0.25) is 0 Å². The summed E-state index contributed by atoms with van der Waals surface area (Å²) in [6.45, 7) is 8.22. The summed E-state index contributed by atoms with van der Waals surface area (Å²) in [4.78, 5) is 13.8. The van der Waals surface area contributed by atoms with Crippen LogP contribution < -0.4 is 4.74 Å². The third-order valence-electron chi connectivity index (χ3n) is 4.82. The zero-order chi connectivity index (χ0) is 21.8. The monoisotopic (exact) mass is 425 g/mol. The molecule has 158 valence electrons. The number of aliphatic hydroxyl groups is 1. The first-order valence-electron chi connectivity index (χ1n) is 9.84. The summed E-state index contributed by atoms with van der Waals surface area (Å²) in [6, 6.07) is 9.20. The quantitative estimate of drug-likeness (QED) is 0.530. The molecule has 0 aliphatic heterocycles. The van der Waals surface area contributed by atoms with Crippen molar-refractivity contribution in [2.45, 2.75) is 45.4 Å². The Labute approximate surface area is 181 Å². The third kappa shape index (κ3) is 4.91. The first-order valence-corrected chi connectivity index (χ1v) is 11.1. The van der Waals surface area contributed by atoms with E-state index in [2.05, 4.69) is 34.0 Å². The summed E-state index contributed by atoms with van der Waals surface area (Å²) in [5, 5.41) is 20.8. The number of aliphatic hydroxyl groups excluding tert-OH is 1. The lowest BCUT2D eigenvalue weighted by atomic mass is 9.99. The Balaban J connectivity index is 2.02. The smallest absolute Gasteiger partial charge is 0.191 e. The molecule has 0 spiro atoms. The number of aryl methyl sites for hydroxylation is 3. The molecule has 2 aromatic carbocycles. The molecule has 6 nitrogen and oxygen atoms in total. The Hall–Kier alpha value is -2.64. The van der Waals surface area contributed by atoms with E-state index in [9.17, 15) is 10.2 Å². The number of aromatic hydroxyl groups is 1. The number of benzene rings is 2. The molecule has 1 unspecified atom stereocenters. The van der Waals surface area contributed by atoms with Gasteiger partial charge in [0.2, 0.25) is 0 Å². The van der Waals surface area contributed by atoms with E-state index < -0.39 is 6.10 Å². The van der Waals surface area contributed by atoms with Crippen LogP contribution in [-0.4, -0.2) is 44.1 Å². The number of hydrogen-bond donors (Lipinski definition) is 2. The van der Waals surface area contributed by atoms with E-state index in [-0.39, 0.29) is 12.4 Å². The minimum absolute atomic E-state index is 0.0139. The fourth-order valence-electron chi connectivity index (χ4n) is 3.31. The van der Waals surface area contributed by atoms with Gasteiger partial charge in [-0.1, -0.05) is 36.4 Å². The summed E-state index contributed by atoms with van der Waals surface area (Å²) < 4.78 is 5.54. The Morgan fingerprint density at radius 2 is 1.67 bits per heavy atom. The normalized spacial score (nSPS) is 12.1. The van der Waals surface area contributed by atoms with Gasteiger partial charge in [-0.25, -0.2) is 15.0 Å². The van der Waals surface area contributed by atoms with Crippen LogP contribution in [0.5, 0.6) is 11.5 Å². The molecular weight excluding hydrogens is 398 g/mol. The summed E-state index contributed by atoms with van der Waals surface area (Å²) >= 11 is 1.43. The van der Waals surface area contributed by atoms with Crippen molar-refractivity contribution in [3.63, 3.8) is 0 Å². The number of thioether (sulfide) groups is 1. The second-order valence-electron chi connectivity index (χ2n) is 7.30. The van der Waals surface area contributed by atoms with Gasteiger partial charge < -0.3 is 14.9 Å². The number of rotatable bonds is 7. The van der Waals surface area contributed by atoms with E-state index in [1.165, 1.54) is 23.4 Å². The predicted octanol–water partition coefficient (Wildman–Crippen LogP) is 4.71. The van der Waals surface area contributed by atoms with Crippen molar-refractivity contribution in [3.05, 3.63) is 47.0 Å². The SMILES string of the molecule is CCC(O)COc1ccc(-c2nc(SC)nc(-c3c(C)cc(C)cc3C)n2)c(O)c1. The van der Waals surface area contributed by atoms with Crippen LogP contribution >= 0.6 is 11.8 Å². The van der Waals surface area contributed by atoms with Gasteiger partial charge in [-0.2, -0.15) is 0 Å². The van der Waals surface area contributed by atoms with Gasteiger partial charge in [0.25, 0.3) is 0 Å². The average molecular weight is 426 g/mol. The molecule has 0 bridgehead atoms. The summed E-state index contributed by atoms with van der Waals surface area (Å²) in [6.07, 6.45) is 1.98. The lowest BCUT2D eigenvalue weighted by Gasteiger charge is -2.13. The molecule has 1 heterocycles. The van der Waals surface area contributed by atoms with Crippen molar-refractivity contribution in [1.29, 1.82) is 0 Å². The van der Waals surface area contributed by atoms with Crippen molar-refractivity contribution in [2.24, 2.45) is 0 Å². The minimum atomic E-state index is -0.539. The molecule has 1 atom stereocenters. The van der Waals surface area contributed by atoms with Crippen molar-refractivity contribution >= 4 is 11.8 Å². The highest BCUT2D eigenvalue weighted by Gasteiger charge is 2.17. The van der Waals surface area contributed by atoms with E-state index in [1.807, 2.05) is 27.0 Å². The van der Waals surface area contributed by atoms with E-state index >= 15 is 0 Å². The van der Waals surface area contributed by atoms with Crippen molar-refractivity contribution < 1.29 is 14.9 Å². The lowest BCUT2D eigenvalue weighted by molar-refractivity contribution is 0.104. The highest BCUT2D eigenvalue weighted by atomic mass is 32.2. The van der Waals surface area contributed by atoms with Gasteiger partial charge in [-0.3, -0.25) is 0 Å². The molecule has 0 radical (unpaired) electrons. The number of ether oxygens (including phenoxy) is 1. The highest BCUT2D eigenvalue weighted by molar-refractivity contribution is 7.98. The molecule has 0 saturated heterocycles. The van der Waals surface area contributed by atoms with Gasteiger partial charge in [0.1, 0.15) is 18.1 Å². The molecule has 0 fully saturated rings.